The summed E-state index contributed by atoms with van der Waals surface area (Å²) in [5, 5.41) is 12.6. The Balaban J connectivity index is 2.43. The number of imide groups is 1. The second-order valence-corrected chi connectivity index (χ2v) is 4.68. The second-order valence-electron chi connectivity index (χ2n) is 3.51. The average Bonchev–Trinajstić information content (AvgIpc) is 2.32. The zero-order valence-corrected chi connectivity index (χ0v) is 12.1. The van der Waals surface area contributed by atoms with Gasteiger partial charge in [0, 0.05) is 3.57 Å². The third-order valence-electron chi connectivity index (χ3n) is 1.89. The van der Waals surface area contributed by atoms with Gasteiger partial charge in [0.1, 0.15) is 19.0 Å². The first-order valence-corrected chi connectivity index (χ1v) is 6.32. The van der Waals surface area contributed by atoms with Crippen LogP contribution in [0.4, 0.5) is 14.9 Å². The number of benzene rings is 1. The summed E-state index contributed by atoms with van der Waals surface area (Å²) in [6.07, 6.45) is 0. The van der Waals surface area contributed by atoms with Crippen LogP contribution >= 0.6 is 22.6 Å². The average molecular weight is 396 g/mol. The van der Waals surface area contributed by atoms with E-state index in [9.17, 15) is 18.8 Å². The maximum absolute atomic E-state index is 12.8. The van der Waals surface area contributed by atoms with E-state index in [4.69, 9.17) is 5.11 Å². The number of amides is 3. The molecule has 0 aliphatic rings. The Bertz CT molecular complexity index is 538. The second kappa shape index (κ2) is 7.75. The van der Waals surface area contributed by atoms with Gasteiger partial charge in [0.15, 0.2) is 0 Å². The van der Waals surface area contributed by atoms with Gasteiger partial charge in [0.2, 0.25) is 0 Å². The molecular weight excluding hydrogens is 386 g/mol. The Labute approximate surface area is 126 Å². The van der Waals surface area contributed by atoms with E-state index in [1.807, 2.05) is 27.9 Å². The Morgan fingerprint density at radius 2 is 2.00 bits per heavy atom. The summed E-state index contributed by atoms with van der Waals surface area (Å²) >= 11 is 1.83. The van der Waals surface area contributed by atoms with Crippen molar-refractivity contribution in [3.8, 4) is 0 Å². The van der Waals surface area contributed by atoms with Crippen molar-refractivity contribution in [1.82, 2.24) is 5.32 Å². The number of urea groups is 1. The summed E-state index contributed by atoms with van der Waals surface area (Å²) in [7, 11) is 0. The number of anilines is 1. The molecule has 1 aromatic carbocycles. The van der Waals surface area contributed by atoms with E-state index in [0.29, 0.717) is 9.26 Å². The molecule has 0 heterocycles. The Kier molecular flexibility index (Phi) is 6.31. The lowest BCUT2D eigenvalue weighted by Gasteiger charge is -2.08. The topological polar surface area (TPSA) is 105 Å². The molecule has 7 nitrogen and oxygen atoms in total. The maximum atomic E-state index is 12.8. The highest BCUT2D eigenvalue weighted by Crippen LogP contribution is 2.18. The quantitative estimate of drug-likeness (QED) is 0.649. The van der Waals surface area contributed by atoms with Crippen LogP contribution in [0.2, 0.25) is 0 Å². The zero-order valence-electron chi connectivity index (χ0n) is 9.98. The van der Waals surface area contributed by atoms with Gasteiger partial charge in [0.05, 0.1) is 5.69 Å². The Morgan fingerprint density at radius 3 is 2.60 bits per heavy atom. The molecule has 0 spiro atoms. The van der Waals surface area contributed by atoms with Crippen molar-refractivity contribution in [3.63, 3.8) is 0 Å². The van der Waals surface area contributed by atoms with Crippen LogP contribution in [0.1, 0.15) is 0 Å². The fraction of sp³-hybridized carbons (Fsp3) is 0.182. The van der Waals surface area contributed by atoms with Crippen LogP contribution in [0.25, 0.3) is 0 Å². The van der Waals surface area contributed by atoms with E-state index in [0.717, 1.165) is 6.07 Å². The van der Waals surface area contributed by atoms with Crippen molar-refractivity contribution in [2.45, 2.75) is 0 Å². The molecular formula is C11H10FIN2O5. The summed E-state index contributed by atoms with van der Waals surface area (Å²) in [6.45, 7) is -1.19. The fourth-order valence-corrected chi connectivity index (χ4v) is 1.75. The van der Waals surface area contributed by atoms with Crippen LogP contribution in [0.15, 0.2) is 18.2 Å². The number of carboxylic acid groups (broad SMARTS) is 1. The van der Waals surface area contributed by atoms with Crippen LogP contribution in [-0.2, 0) is 14.3 Å². The number of rotatable bonds is 5. The summed E-state index contributed by atoms with van der Waals surface area (Å²) < 4.78 is 17.8. The molecule has 1 aromatic rings. The van der Waals surface area contributed by atoms with Crippen molar-refractivity contribution in [3.05, 3.63) is 27.6 Å². The van der Waals surface area contributed by atoms with Gasteiger partial charge >= 0.3 is 12.0 Å². The smallest absolute Gasteiger partial charge is 0.329 e. The molecule has 0 aromatic heterocycles. The molecule has 0 unspecified atom stereocenters. The minimum atomic E-state index is -1.22. The van der Waals surface area contributed by atoms with Crippen LogP contribution in [0.3, 0.4) is 0 Å². The maximum Gasteiger partial charge on any atom is 0.329 e. The Morgan fingerprint density at radius 1 is 1.30 bits per heavy atom. The molecule has 0 saturated heterocycles. The number of ether oxygens (including phenoxy) is 1. The molecule has 0 atom stereocenters. The number of halogens is 2. The zero-order chi connectivity index (χ0) is 15.1. The van der Waals surface area contributed by atoms with E-state index in [1.165, 1.54) is 12.1 Å². The van der Waals surface area contributed by atoms with Crippen molar-refractivity contribution in [1.29, 1.82) is 0 Å². The molecule has 3 N–H and O–H groups in total. The molecule has 108 valence electrons. The fourth-order valence-electron chi connectivity index (χ4n) is 1.14. The summed E-state index contributed by atoms with van der Waals surface area (Å²) in [5.41, 5.74) is 0.337. The SMILES string of the molecule is O=C(O)COCC(=O)NC(=O)Nc1ccc(F)cc1I. The molecule has 0 fully saturated rings. The van der Waals surface area contributed by atoms with Crippen molar-refractivity contribution in [2.75, 3.05) is 18.5 Å². The third kappa shape index (κ3) is 5.93. The standard InChI is InChI=1S/C11H10FIN2O5/c12-6-1-2-8(7(13)3-6)14-11(19)15-9(16)4-20-5-10(17)18/h1-3H,4-5H2,(H,17,18)(H2,14,15,16,19). The van der Waals surface area contributed by atoms with E-state index < -0.39 is 36.9 Å². The van der Waals surface area contributed by atoms with E-state index in [1.54, 1.807) is 0 Å². The lowest BCUT2D eigenvalue weighted by atomic mass is 10.3. The predicted molar refractivity (Wildman–Crippen MR) is 74.7 cm³/mol. The van der Waals surface area contributed by atoms with E-state index in [2.05, 4.69) is 10.1 Å². The monoisotopic (exact) mass is 396 g/mol. The number of hydrogen-bond acceptors (Lipinski definition) is 4. The molecule has 0 saturated carbocycles. The highest BCUT2D eigenvalue weighted by atomic mass is 127. The molecule has 0 aliphatic heterocycles. The summed E-state index contributed by atoms with van der Waals surface area (Å²) in [4.78, 5) is 32.8. The Hall–Kier alpha value is -1.75. The molecule has 3 amide bonds. The summed E-state index contributed by atoms with van der Waals surface area (Å²) in [5.74, 6) is -2.46. The van der Waals surface area contributed by atoms with Gasteiger partial charge in [-0.05, 0) is 40.8 Å². The minimum absolute atomic E-state index is 0.337. The first-order valence-electron chi connectivity index (χ1n) is 5.24. The van der Waals surface area contributed by atoms with Gasteiger partial charge in [-0.1, -0.05) is 0 Å². The molecule has 0 aliphatic carbocycles. The molecule has 1 rings (SSSR count). The van der Waals surface area contributed by atoms with Crippen LogP contribution in [0, 0.1) is 9.39 Å². The largest absolute Gasteiger partial charge is 0.480 e. The normalized spacial score (nSPS) is 9.90. The van der Waals surface area contributed by atoms with Crippen molar-refractivity contribution >= 4 is 46.2 Å². The van der Waals surface area contributed by atoms with E-state index >= 15 is 0 Å². The van der Waals surface area contributed by atoms with Crippen LogP contribution in [-0.4, -0.2) is 36.2 Å². The highest BCUT2D eigenvalue weighted by molar-refractivity contribution is 14.1. The number of carboxylic acids is 1. The first kappa shape index (κ1) is 16.3. The third-order valence-corrected chi connectivity index (χ3v) is 2.78. The van der Waals surface area contributed by atoms with Gasteiger partial charge in [-0.15, -0.1) is 0 Å². The molecule has 20 heavy (non-hydrogen) atoms. The number of carbonyl (C=O) groups is 3. The molecule has 9 heteroatoms. The number of hydrogen-bond donors (Lipinski definition) is 3. The van der Waals surface area contributed by atoms with Gasteiger partial charge in [0.25, 0.3) is 5.91 Å². The number of carbonyl (C=O) groups excluding carboxylic acids is 2. The van der Waals surface area contributed by atoms with Crippen molar-refractivity contribution < 1.29 is 28.6 Å². The van der Waals surface area contributed by atoms with Gasteiger partial charge in [-0.2, -0.15) is 0 Å². The van der Waals surface area contributed by atoms with E-state index in [-0.39, 0.29) is 0 Å². The first-order chi connectivity index (χ1) is 9.38. The number of nitrogens with one attached hydrogen (secondary N) is 2. The van der Waals surface area contributed by atoms with Gasteiger partial charge in [-0.25, -0.2) is 14.0 Å². The lowest BCUT2D eigenvalue weighted by Crippen LogP contribution is -2.37. The lowest BCUT2D eigenvalue weighted by molar-refractivity contribution is -0.143. The highest BCUT2D eigenvalue weighted by Gasteiger charge is 2.10. The van der Waals surface area contributed by atoms with Gasteiger partial charge in [-0.3, -0.25) is 10.1 Å². The summed E-state index contributed by atoms with van der Waals surface area (Å²) in [6, 6.07) is 2.91. The van der Waals surface area contributed by atoms with Gasteiger partial charge < -0.3 is 15.2 Å². The minimum Gasteiger partial charge on any atom is -0.480 e. The van der Waals surface area contributed by atoms with Crippen molar-refractivity contribution in [2.24, 2.45) is 0 Å². The van der Waals surface area contributed by atoms with Crippen LogP contribution < -0.4 is 10.6 Å². The number of aliphatic carboxylic acids is 1. The van der Waals surface area contributed by atoms with Crippen LogP contribution in [0.5, 0.6) is 0 Å². The predicted octanol–water partition coefficient (Wildman–Crippen LogP) is 1.18. The molecule has 0 bridgehead atoms. The molecule has 0 radical (unpaired) electrons.